The third-order valence-corrected chi connectivity index (χ3v) is 10.6. The maximum Gasteiger partial charge on any atom is 2.00 e. The van der Waals surface area contributed by atoms with E-state index in [1.165, 1.54) is 33.4 Å². The molecule has 0 atom stereocenters. The molecular weight excluding hydrogens is 804 g/mol. The number of nitrogens with zero attached hydrogens (tertiary/aromatic N) is 2. The number of pyridine rings is 2. The number of fused-ring (bicyclic) bond motifs is 5. The van der Waals surface area contributed by atoms with Crippen LogP contribution in [0.5, 0.6) is 11.6 Å². The number of rotatable bonds is 5. The quantitative estimate of drug-likeness (QED) is 0.128. The summed E-state index contributed by atoms with van der Waals surface area (Å²) in [6.45, 7) is 0. The molecule has 6 aromatic carbocycles. The van der Waals surface area contributed by atoms with E-state index in [-0.39, 0.29) is 21.1 Å². The van der Waals surface area contributed by atoms with Gasteiger partial charge in [-0.25, -0.2) is 16.1 Å². The van der Waals surface area contributed by atoms with Crippen molar-refractivity contribution < 1.29 is 25.8 Å². The molecule has 0 aliphatic heterocycles. The first-order valence-electron chi connectivity index (χ1n) is 17.3. The van der Waals surface area contributed by atoms with Crippen LogP contribution >= 0.6 is 0 Å². The molecule has 0 unspecified atom stereocenters. The number of hydrogen-bond donors (Lipinski definition) is 0. The molecule has 0 saturated heterocycles. The number of hydrogen-bond acceptors (Lipinski definition) is 3. The van der Waals surface area contributed by atoms with Gasteiger partial charge in [-0.05, 0) is 93.4 Å². The van der Waals surface area contributed by atoms with Crippen molar-refractivity contribution in [1.29, 1.82) is 0 Å². The maximum atomic E-state index is 6.65. The van der Waals surface area contributed by atoms with Gasteiger partial charge >= 0.3 is 21.1 Å². The average molecular weight is 836 g/mol. The van der Waals surface area contributed by atoms with Gasteiger partial charge in [0.15, 0.2) is 0 Å². The molecule has 1 spiro atoms. The molecule has 4 heteroatoms. The van der Waals surface area contributed by atoms with Crippen LogP contribution in [-0.2, 0) is 46.7 Å². The normalized spacial score (nSPS) is 14.0. The van der Waals surface area contributed by atoms with Crippen LogP contribution in [0, 0.1) is 17.5 Å². The topological polar surface area (TPSA) is 35.0 Å². The van der Waals surface area contributed by atoms with Crippen molar-refractivity contribution in [3.63, 3.8) is 0 Å². The van der Waals surface area contributed by atoms with Gasteiger partial charge in [-0.3, -0.25) is 4.98 Å². The predicted molar refractivity (Wildman–Crippen MR) is 201 cm³/mol. The van der Waals surface area contributed by atoms with Crippen LogP contribution in [0.1, 0.15) is 22.3 Å². The van der Waals surface area contributed by atoms with Crippen LogP contribution in [0.4, 0.5) is 0 Å². The molecule has 2 aromatic heterocycles. The van der Waals surface area contributed by atoms with Crippen molar-refractivity contribution in [2.24, 2.45) is 5.41 Å². The van der Waals surface area contributed by atoms with Gasteiger partial charge in [0.1, 0.15) is 0 Å². The van der Waals surface area contributed by atoms with E-state index in [1.54, 1.807) is 6.20 Å². The molecular formula is C47H32N2OPt. The van der Waals surface area contributed by atoms with Crippen LogP contribution in [0.3, 0.4) is 0 Å². The van der Waals surface area contributed by atoms with E-state index in [0.29, 0.717) is 17.0 Å². The molecule has 2 aliphatic carbocycles. The Labute approximate surface area is 312 Å². The summed E-state index contributed by atoms with van der Waals surface area (Å²) in [7, 11) is 0. The van der Waals surface area contributed by atoms with Crippen molar-refractivity contribution in [3.05, 3.63) is 180 Å². The van der Waals surface area contributed by atoms with Gasteiger partial charge in [0.05, 0.1) is 11.4 Å². The van der Waals surface area contributed by atoms with Gasteiger partial charge in [-0.15, -0.1) is 23.3 Å². The van der Waals surface area contributed by atoms with Crippen molar-refractivity contribution in [3.8, 4) is 45.3 Å². The zero-order valence-corrected chi connectivity index (χ0v) is 30.1. The molecule has 0 N–H and O–H groups in total. The second kappa shape index (κ2) is 12.7. The molecule has 0 saturated carbocycles. The van der Waals surface area contributed by atoms with E-state index in [0.717, 1.165) is 69.7 Å². The summed E-state index contributed by atoms with van der Waals surface area (Å²) in [5.41, 5.74) is 12.1. The molecule has 246 valence electrons. The monoisotopic (exact) mass is 835 g/mol. The minimum atomic E-state index is 0. The van der Waals surface area contributed by atoms with E-state index < -0.39 is 0 Å². The maximum absolute atomic E-state index is 6.65. The molecule has 8 aromatic rings. The number of aromatic nitrogens is 2. The second-order valence-electron chi connectivity index (χ2n) is 13.9. The van der Waals surface area contributed by atoms with Crippen molar-refractivity contribution in [1.82, 2.24) is 9.97 Å². The molecule has 10 rings (SSSR count). The Morgan fingerprint density at radius 1 is 0.549 bits per heavy atom. The third-order valence-electron chi connectivity index (χ3n) is 10.6. The fourth-order valence-corrected chi connectivity index (χ4v) is 8.28. The van der Waals surface area contributed by atoms with Crippen LogP contribution in [0.25, 0.3) is 55.2 Å². The zero-order valence-electron chi connectivity index (χ0n) is 27.8. The summed E-state index contributed by atoms with van der Waals surface area (Å²) >= 11 is 0. The zero-order chi connectivity index (χ0) is 33.1. The minimum Gasteiger partial charge on any atom is -0.459 e. The summed E-state index contributed by atoms with van der Waals surface area (Å²) in [6.07, 6.45) is 6.34. The Balaban J connectivity index is 0.00000348. The van der Waals surface area contributed by atoms with Crippen molar-refractivity contribution >= 4 is 21.5 Å². The Hall–Kier alpha value is -5.37. The summed E-state index contributed by atoms with van der Waals surface area (Å²) < 4.78 is 6.65. The minimum absolute atomic E-state index is 0. The largest absolute Gasteiger partial charge is 2.00 e. The summed E-state index contributed by atoms with van der Waals surface area (Å²) in [6, 6.07) is 56.2. The fourth-order valence-electron chi connectivity index (χ4n) is 8.28. The van der Waals surface area contributed by atoms with Crippen LogP contribution < -0.4 is 4.74 Å². The van der Waals surface area contributed by atoms with Gasteiger partial charge in [-0.2, -0.15) is 30.3 Å². The Bertz CT molecular complexity index is 2560. The van der Waals surface area contributed by atoms with Gasteiger partial charge in [0.25, 0.3) is 0 Å². The summed E-state index contributed by atoms with van der Waals surface area (Å²) in [5, 5.41) is 4.31. The molecule has 3 nitrogen and oxygen atoms in total. The second-order valence-corrected chi connectivity index (χ2v) is 13.9. The first kappa shape index (κ1) is 31.6. The first-order valence-corrected chi connectivity index (χ1v) is 17.3. The average Bonchev–Trinajstić information content (AvgIpc) is 3.72. The summed E-state index contributed by atoms with van der Waals surface area (Å²) in [5.74, 6) is 1.15. The molecule has 51 heavy (non-hydrogen) atoms. The van der Waals surface area contributed by atoms with Crippen molar-refractivity contribution in [2.75, 3.05) is 0 Å². The van der Waals surface area contributed by atoms with Gasteiger partial charge in [0.2, 0.25) is 5.88 Å². The first-order chi connectivity index (χ1) is 24.7. The van der Waals surface area contributed by atoms with E-state index in [2.05, 4.69) is 120 Å². The standard InChI is InChI=1S/C47H32N2O.Pt/c1-2-9-31(10-3-1)33-18-20-41-35(23-33)19-21-42-43(41)26-45(44-15-6-7-22-48-44)49-46(42)50-40-14-8-13-32(25-40)34-16-17-38-29-47(30-39(38)24-34)27-36-11-4-5-12-37(36)28-47;/h1-15,17-24,26H,27-30H2;/q-2;+2. The number of benzene rings is 6. The number of ether oxygens (including phenoxy) is 1. The molecule has 0 bridgehead atoms. The van der Waals surface area contributed by atoms with E-state index in [4.69, 9.17) is 9.72 Å². The third kappa shape index (κ3) is 5.76. The summed E-state index contributed by atoms with van der Waals surface area (Å²) in [4.78, 5) is 9.66. The smallest absolute Gasteiger partial charge is 0.459 e. The fraction of sp³-hybridized carbons (Fsp3) is 0.106. The van der Waals surface area contributed by atoms with E-state index >= 15 is 0 Å². The van der Waals surface area contributed by atoms with Crippen LogP contribution in [0.15, 0.2) is 146 Å². The van der Waals surface area contributed by atoms with Gasteiger partial charge in [0, 0.05) is 17.3 Å². The Morgan fingerprint density at radius 2 is 1.31 bits per heavy atom. The van der Waals surface area contributed by atoms with E-state index in [1.807, 2.05) is 36.4 Å². The Kier molecular flexibility index (Phi) is 7.90. The van der Waals surface area contributed by atoms with Crippen LogP contribution in [-0.4, -0.2) is 9.97 Å². The molecule has 0 radical (unpaired) electrons. The Morgan fingerprint density at radius 3 is 2.14 bits per heavy atom. The molecule has 0 amide bonds. The van der Waals surface area contributed by atoms with Crippen molar-refractivity contribution in [2.45, 2.75) is 25.7 Å². The van der Waals surface area contributed by atoms with E-state index in [9.17, 15) is 0 Å². The SMILES string of the molecule is [Pt+2].[c-]1c(Oc2nc(-c3ccccn3)cc3c2ccc2cc(-c4ccccc4)ccc23)cccc1-c1[c-]cc2c(c1)CC1(C2)Cc2ccccc2C1. The predicted octanol–water partition coefficient (Wildman–Crippen LogP) is 11.1. The van der Waals surface area contributed by atoms with Crippen LogP contribution in [0.2, 0.25) is 0 Å². The van der Waals surface area contributed by atoms with Gasteiger partial charge in [-0.1, -0.05) is 85.3 Å². The molecule has 0 fully saturated rings. The van der Waals surface area contributed by atoms with Gasteiger partial charge < -0.3 is 4.74 Å². The molecule has 2 aliphatic rings. The molecule has 2 heterocycles.